The molecule has 0 aliphatic carbocycles. The van der Waals surface area contributed by atoms with Gasteiger partial charge >= 0.3 is 0 Å². The molecule has 2 N–H and O–H groups in total. The maximum absolute atomic E-state index is 13.2. The van der Waals surface area contributed by atoms with Crippen molar-refractivity contribution in [2.24, 2.45) is 4.99 Å². The Kier molecular flexibility index (Phi) is 10.5. The number of nitrogens with one attached hydrogen (secondary N) is 1. The second kappa shape index (κ2) is 13.8. The first-order chi connectivity index (χ1) is 18.3. The van der Waals surface area contributed by atoms with Gasteiger partial charge in [-0.05, 0) is 50.7 Å². The molecule has 0 spiro atoms. The number of carbonyl (C=O) groups is 1. The van der Waals surface area contributed by atoms with Crippen molar-refractivity contribution in [1.29, 1.82) is 0 Å². The third-order valence-electron chi connectivity index (χ3n) is 5.57. The van der Waals surface area contributed by atoms with Crippen molar-refractivity contribution < 1.29 is 19.4 Å². The number of nitrogens with zero attached hydrogens (tertiary/aromatic N) is 5. The standard InChI is InChI=1S/C26H29ClN6O4S/c1-6-15(3)17(10-29-18(7-2)13-34)14-37-26-33-32-25(38-26)31-24(35)21-11-28-16(4)8-19(21)20-9-23(27)30-12-22(20)36-5/h7-12,34H,6,13-14H2,1-5H3,(H,31,32,35)/b17-15+,18-7-,29-10-. The quantitative estimate of drug-likeness (QED) is 0.240. The zero-order valence-electron chi connectivity index (χ0n) is 21.8. The average molecular weight is 557 g/mol. The van der Waals surface area contributed by atoms with Gasteiger partial charge in [-0.15, -0.1) is 5.10 Å². The predicted octanol–water partition coefficient (Wildman–Crippen LogP) is 5.29. The number of methoxy groups -OCH3 is 1. The van der Waals surface area contributed by atoms with Gasteiger partial charge in [0.05, 0.1) is 31.2 Å². The Morgan fingerprint density at radius 1 is 1.24 bits per heavy atom. The Morgan fingerprint density at radius 2 is 2.03 bits per heavy atom. The van der Waals surface area contributed by atoms with E-state index in [1.54, 1.807) is 24.4 Å². The fourth-order valence-electron chi connectivity index (χ4n) is 3.24. The number of hydrogen-bond acceptors (Lipinski definition) is 10. The summed E-state index contributed by atoms with van der Waals surface area (Å²) in [6.45, 7) is 7.72. The number of rotatable bonds is 11. The lowest BCUT2D eigenvalue weighted by molar-refractivity contribution is 0.102. The molecule has 0 saturated carbocycles. The van der Waals surface area contributed by atoms with Crippen LogP contribution in [0.1, 0.15) is 43.2 Å². The molecule has 0 aliphatic rings. The fraction of sp³-hybridized carbons (Fsp3) is 0.308. The van der Waals surface area contributed by atoms with E-state index in [2.05, 4.69) is 30.5 Å². The number of anilines is 1. The van der Waals surface area contributed by atoms with Crippen LogP contribution in [0, 0.1) is 6.92 Å². The van der Waals surface area contributed by atoms with Crippen molar-refractivity contribution in [3.8, 4) is 22.1 Å². The molecule has 3 rings (SSSR count). The molecule has 3 heterocycles. The van der Waals surface area contributed by atoms with E-state index in [9.17, 15) is 9.90 Å². The summed E-state index contributed by atoms with van der Waals surface area (Å²) in [5, 5.41) is 21.0. The summed E-state index contributed by atoms with van der Waals surface area (Å²) >= 11 is 7.21. The first-order valence-corrected chi connectivity index (χ1v) is 12.9. The van der Waals surface area contributed by atoms with E-state index in [1.165, 1.54) is 19.5 Å². The number of allylic oxidation sites excluding steroid dienone is 2. The largest absolute Gasteiger partial charge is 0.494 e. The third kappa shape index (κ3) is 7.44. The van der Waals surface area contributed by atoms with Crippen molar-refractivity contribution in [2.75, 3.05) is 25.6 Å². The van der Waals surface area contributed by atoms with Crippen LogP contribution in [0.25, 0.3) is 11.1 Å². The smallest absolute Gasteiger partial charge is 0.296 e. The van der Waals surface area contributed by atoms with Gasteiger partial charge in [0.15, 0.2) is 0 Å². The van der Waals surface area contributed by atoms with Crippen molar-refractivity contribution in [1.82, 2.24) is 20.2 Å². The number of aliphatic hydroxyl groups excluding tert-OH is 1. The van der Waals surface area contributed by atoms with Crippen LogP contribution in [-0.4, -0.2) is 57.7 Å². The SMILES string of the molecule is C\C=C(CO)/N=C\C(COc1nnc(NC(=O)c2cnc(C)cc2-c2cc(Cl)ncc2OC)s1)=C(\C)CC. The predicted molar refractivity (Wildman–Crippen MR) is 149 cm³/mol. The maximum Gasteiger partial charge on any atom is 0.296 e. The number of ether oxygens (including phenoxy) is 2. The van der Waals surface area contributed by atoms with Gasteiger partial charge in [-0.3, -0.25) is 20.1 Å². The van der Waals surface area contributed by atoms with E-state index in [1.807, 2.05) is 27.7 Å². The number of aryl methyl sites for hydroxylation is 1. The highest BCUT2D eigenvalue weighted by Gasteiger charge is 2.19. The second-order valence-electron chi connectivity index (χ2n) is 8.05. The Labute approximate surface area is 230 Å². The Hall–Kier alpha value is -3.67. The minimum absolute atomic E-state index is 0.148. The Balaban J connectivity index is 1.78. The molecule has 3 aromatic rings. The highest BCUT2D eigenvalue weighted by atomic mass is 35.5. The Bertz CT molecular complexity index is 1390. The minimum Gasteiger partial charge on any atom is -0.494 e. The molecule has 0 fully saturated rings. The summed E-state index contributed by atoms with van der Waals surface area (Å²) in [7, 11) is 1.52. The van der Waals surface area contributed by atoms with E-state index in [0.717, 1.165) is 28.9 Å². The summed E-state index contributed by atoms with van der Waals surface area (Å²) in [6.07, 6.45) is 7.22. The lowest BCUT2D eigenvalue weighted by Crippen LogP contribution is -2.14. The highest BCUT2D eigenvalue weighted by molar-refractivity contribution is 7.17. The molecule has 10 nitrogen and oxygen atoms in total. The van der Waals surface area contributed by atoms with Crippen LogP contribution in [0.4, 0.5) is 5.13 Å². The van der Waals surface area contributed by atoms with Gasteiger partial charge in [0.1, 0.15) is 17.5 Å². The summed E-state index contributed by atoms with van der Waals surface area (Å²) < 4.78 is 11.2. The second-order valence-corrected chi connectivity index (χ2v) is 9.38. The van der Waals surface area contributed by atoms with Gasteiger partial charge in [-0.25, -0.2) is 4.98 Å². The third-order valence-corrected chi connectivity index (χ3v) is 6.53. The molecule has 3 aromatic heterocycles. The van der Waals surface area contributed by atoms with E-state index in [-0.39, 0.29) is 28.7 Å². The molecule has 0 radical (unpaired) electrons. The van der Waals surface area contributed by atoms with Crippen LogP contribution in [0.5, 0.6) is 10.9 Å². The van der Waals surface area contributed by atoms with Crippen LogP contribution in [0.3, 0.4) is 0 Å². The van der Waals surface area contributed by atoms with Gasteiger partial charge in [0, 0.05) is 34.8 Å². The molecule has 200 valence electrons. The van der Waals surface area contributed by atoms with Gasteiger partial charge in [0.2, 0.25) is 5.13 Å². The lowest BCUT2D eigenvalue weighted by Gasteiger charge is -2.13. The highest BCUT2D eigenvalue weighted by Crippen LogP contribution is 2.34. The minimum atomic E-state index is -0.428. The number of hydrogen-bond donors (Lipinski definition) is 2. The molecular formula is C26H29ClN6O4S. The zero-order valence-corrected chi connectivity index (χ0v) is 23.4. The van der Waals surface area contributed by atoms with E-state index < -0.39 is 5.91 Å². The monoisotopic (exact) mass is 556 g/mol. The fourth-order valence-corrected chi connectivity index (χ4v) is 3.99. The van der Waals surface area contributed by atoms with Crippen molar-refractivity contribution in [2.45, 2.75) is 34.1 Å². The first-order valence-electron chi connectivity index (χ1n) is 11.7. The number of aliphatic hydroxyl groups is 1. The number of halogens is 1. The summed E-state index contributed by atoms with van der Waals surface area (Å²) in [5.74, 6) is 0.0404. The maximum atomic E-state index is 13.2. The van der Waals surface area contributed by atoms with Gasteiger partial charge < -0.3 is 14.6 Å². The molecule has 0 aromatic carbocycles. The average Bonchev–Trinajstić information content (AvgIpc) is 3.37. The number of pyridine rings is 2. The molecule has 0 saturated heterocycles. The number of aromatic nitrogens is 4. The van der Waals surface area contributed by atoms with Crippen LogP contribution in [0.2, 0.25) is 5.15 Å². The van der Waals surface area contributed by atoms with Crippen molar-refractivity contribution in [3.63, 3.8) is 0 Å². The van der Waals surface area contributed by atoms with Gasteiger partial charge in [-0.2, -0.15) is 0 Å². The van der Waals surface area contributed by atoms with Crippen LogP contribution in [0.15, 0.2) is 52.4 Å². The van der Waals surface area contributed by atoms with E-state index >= 15 is 0 Å². The summed E-state index contributed by atoms with van der Waals surface area (Å²) in [6, 6.07) is 3.41. The first kappa shape index (κ1) is 28.9. The zero-order chi connectivity index (χ0) is 27.7. The van der Waals surface area contributed by atoms with E-state index in [4.69, 9.17) is 21.1 Å². The van der Waals surface area contributed by atoms with E-state index in [0.29, 0.717) is 33.8 Å². The molecule has 0 aliphatic heterocycles. The molecule has 0 bridgehead atoms. The molecule has 38 heavy (non-hydrogen) atoms. The van der Waals surface area contributed by atoms with Gasteiger partial charge in [0.25, 0.3) is 11.1 Å². The molecule has 12 heteroatoms. The summed E-state index contributed by atoms with van der Waals surface area (Å²) in [5.41, 5.74) is 4.73. The molecule has 1 amide bonds. The number of amides is 1. The van der Waals surface area contributed by atoms with Crippen LogP contribution < -0.4 is 14.8 Å². The molecule has 0 atom stereocenters. The van der Waals surface area contributed by atoms with Crippen molar-refractivity contribution >= 4 is 40.2 Å². The molecule has 0 unspecified atom stereocenters. The normalized spacial score (nSPS) is 12.4. The summed E-state index contributed by atoms with van der Waals surface area (Å²) in [4.78, 5) is 25.9. The van der Waals surface area contributed by atoms with Crippen LogP contribution in [-0.2, 0) is 0 Å². The van der Waals surface area contributed by atoms with Crippen molar-refractivity contribution in [3.05, 3.63) is 63.9 Å². The topological polar surface area (TPSA) is 132 Å². The Morgan fingerprint density at radius 3 is 2.71 bits per heavy atom. The number of aliphatic imine (C=N–C) groups is 1. The number of carbonyl (C=O) groups excluding carboxylic acids is 1. The molecular weight excluding hydrogens is 528 g/mol. The van der Waals surface area contributed by atoms with Crippen LogP contribution >= 0.6 is 22.9 Å². The lowest BCUT2D eigenvalue weighted by atomic mass is 10.0. The van der Waals surface area contributed by atoms with Gasteiger partial charge in [-0.1, -0.05) is 35.3 Å².